The number of allylic oxidation sites excluding steroid dienone is 1. The molecule has 2 aromatic carbocycles. The zero-order chi connectivity index (χ0) is 15.1. The Kier molecular flexibility index (Phi) is 4.99. The number of anilines is 3. The quantitative estimate of drug-likeness (QED) is 0.816. The molecule has 0 heterocycles. The Bertz CT molecular complexity index is 616. The monoisotopic (exact) mass is 282 g/mol. The summed E-state index contributed by atoms with van der Waals surface area (Å²) >= 11 is 0. The van der Waals surface area contributed by atoms with Crippen molar-refractivity contribution in [2.75, 3.05) is 17.7 Å². The van der Waals surface area contributed by atoms with Crippen LogP contribution in [0.2, 0.25) is 0 Å². The molecule has 0 saturated heterocycles. The largest absolute Gasteiger partial charge is 0.497 e. The standard InChI is InChI=1S/C17H18N2O2/c1-3-4-17(20)19-15-7-5-13(6-8-15)18-14-9-11-16(21-2)12-10-14/h3-12,18H,1-2H3,(H,19,20). The van der Waals surface area contributed by atoms with Crippen LogP contribution in [-0.2, 0) is 4.79 Å². The molecule has 1 amide bonds. The first kappa shape index (κ1) is 14.7. The molecule has 0 fully saturated rings. The van der Waals surface area contributed by atoms with Crippen LogP contribution in [0.5, 0.6) is 5.75 Å². The van der Waals surface area contributed by atoms with E-state index in [0.29, 0.717) is 0 Å². The molecule has 0 aliphatic rings. The third-order valence-electron chi connectivity index (χ3n) is 2.85. The Balaban J connectivity index is 1.99. The number of carbonyl (C=O) groups is 1. The van der Waals surface area contributed by atoms with Crippen LogP contribution in [0.15, 0.2) is 60.7 Å². The highest BCUT2D eigenvalue weighted by Crippen LogP contribution is 2.21. The van der Waals surface area contributed by atoms with Gasteiger partial charge in [-0.3, -0.25) is 4.79 Å². The van der Waals surface area contributed by atoms with Gasteiger partial charge in [-0.25, -0.2) is 0 Å². The lowest BCUT2D eigenvalue weighted by Crippen LogP contribution is -2.07. The van der Waals surface area contributed by atoms with Crippen molar-refractivity contribution in [2.24, 2.45) is 0 Å². The van der Waals surface area contributed by atoms with E-state index in [2.05, 4.69) is 10.6 Å². The molecule has 4 nitrogen and oxygen atoms in total. The van der Waals surface area contributed by atoms with Crippen LogP contribution in [-0.4, -0.2) is 13.0 Å². The smallest absolute Gasteiger partial charge is 0.248 e. The van der Waals surface area contributed by atoms with Crippen LogP contribution in [0, 0.1) is 0 Å². The van der Waals surface area contributed by atoms with Crippen LogP contribution >= 0.6 is 0 Å². The highest BCUT2D eigenvalue weighted by molar-refractivity contribution is 5.99. The highest BCUT2D eigenvalue weighted by atomic mass is 16.5. The number of nitrogens with one attached hydrogen (secondary N) is 2. The highest BCUT2D eigenvalue weighted by Gasteiger charge is 1.99. The number of ether oxygens (including phenoxy) is 1. The lowest BCUT2D eigenvalue weighted by Gasteiger charge is -2.08. The molecule has 0 aliphatic heterocycles. The van der Waals surface area contributed by atoms with Gasteiger partial charge in [-0.2, -0.15) is 0 Å². The van der Waals surface area contributed by atoms with Gasteiger partial charge < -0.3 is 15.4 Å². The van der Waals surface area contributed by atoms with E-state index in [0.717, 1.165) is 22.8 Å². The van der Waals surface area contributed by atoms with Crippen molar-refractivity contribution in [2.45, 2.75) is 6.92 Å². The van der Waals surface area contributed by atoms with Gasteiger partial charge in [-0.15, -0.1) is 0 Å². The maximum absolute atomic E-state index is 11.4. The van der Waals surface area contributed by atoms with Crippen molar-refractivity contribution in [1.29, 1.82) is 0 Å². The Morgan fingerprint density at radius 3 is 2.00 bits per heavy atom. The molecule has 0 bridgehead atoms. The summed E-state index contributed by atoms with van der Waals surface area (Å²) in [4.78, 5) is 11.4. The molecule has 2 rings (SSSR count). The van der Waals surface area contributed by atoms with Crippen LogP contribution in [0.1, 0.15) is 6.92 Å². The van der Waals surface area contributed by atoms with Gasteiger partial charge in [-0.1, -0.05) is 6.08 Å². The van der Waals surface area contributed by atoms with E-state index in [-0.39, 0.29) is 5.91 Å². The SMILES string of the molecule is CC=CC(=O)Nc1ccc(Nc2ccc(OC)cc2)cc1. The summed E-state index contributed by atoms with van der Waals surface area (Å²) in [7, 11) is 1.64. The van der Waals surface area contributed by atoms with E-state index in [1.54, 1.807) is 20.1 Å². The minimum atomic E-state index is -0.131. The van der Waals surface area contributed by atoms with Gasteiger partial charge in [-0.05, 0) is 61.5 Å². The molecule has 0 atom stereocenters. The zero-order valence-electron chi connectivity index (χ0n) is 12.1. The van der Waals surface area contributed by atoms with Crippen LogP contribution in [0.4, 0.5) is 17.1 Å². The first-order valence-corrected chi connectivity index (χ1v) is 6.66. The number of amides is 1. The second-order valence-corrected chi connectivity index (χ2v) is 4.42. The third kappa shape index (κ3) is 4.38. The summed E-state index contributed by atoms with van der Waals surface area (Å²) in [5.74, 6) is 0.691. The molecule has 21 heavy (non-hydrogen) atoms. The predicted octanol–water partition coefficient (Wildman–Crippen LogP) is 3.95. The fourth-order valence-corrected chi connectivity index (χ4v) is 1.81. The van der Waals surface area contributed by atoms with Gasteiger partial charge in [0, 0.05) is 17.1 Å². The molecule has 4 heteroatoms. The molecular weight excluding hydrogens is 264 g/mol. The van der Waals surface area contributed by atoms with E-state index in [4.69, 9.17) is 4.74 Å². The van der Waals surface area contributed by atoms with Gasteiger partial charge in [0.15, 0.2) is 0 Å². The number of methoxy groups -OCH3 is 1. The van der Waals surface area contributed by atoms with Gasteiger partial charge >= 0.3 is 0 Å². The average Bonchev–Trinajstić information content (AvgIpc) is 2.50. The Labute approximate surface area is 124 Å². The normalized spacial score (nSPS) is 10.4. The Morgan fingerprint density at radius 1 is 0.952 bits per heavy atom. The van der Waals surface area contributed by atoms with Crippen molar-refractivity contribution in [1.82, 2.24) is 0 Å². The first-order valence-electron chi connectivity index (χ1n) is 6.66. The topological polar surface area (TPSA) is 50.4 Å². The Hall–Kier alpha value is -2.75. The van der Waals surface area contributed by atoms with Gasteiger partial charge in [0.25, 0.3) is 0 Å². The van der Waals surface area contributed by atoms with Crippen LogP contribution in [0.3, 0.4) is 0 Å². The number of hydrogen-bond acceptors (Lipinski definition) is 3. The van der Waals surface area contributed by atoms with Crippen molar-refractivity contribution < 1.29 is 9.53 Å². The number of benzene rings is 2. The maximum Gasteiger partial charge on any atom is 0.248 e. The van der Waals surface area contributed by atoms with E-state index >= 15 is 0 Å². The third-order valence-corrected chi connectivity index (χ3v) is 2.85. The van der Waals surface area contributed by atoms with Crippen molar-refractivity contribution in [3.63, 3.8) is 0 Å². The van der Waals surface area contributed by atoms with E-state index in [1.807, 2.05) is 48.5 Å². The van der Waals surface area contributed by atoms with E-state index in [1.165, 1.54) is 6.08 Å². The summed E-state index contributed by atoms with van der Waals surface area (Å²) in [5, 5.41) is 6.06. The molecule has 0 radical (unpaired) electrons. The second kappa shape index (κ2) is 7.14. The number of carbonyl (C=O) groups excluding carboxylic acids is 1. The van der Waals surface area contributed by atoms with Crippen molar-refractivity contribution >= 4 is 23.0 Å². The molecule has 0 saturated carbocycles. The molecule has 2 aromatic rings. The summed E-state index contributed by atoms with van der Waals surface area (Å²) in [5.41, 5.74) is 2.68. The van der Waals surface area contributed by atoms with Gasteiger partial charge in [0.2, 0.25) is 5.91 Å². The molecule has 0 aliphatic carbocycles. The molecule has 0 spiro atoms. The summed E-state index contributed by atoms with van der Waals surface area (Å²) in [6.45, 7) is 1.81. The van der Waals surface area contributed by atoms with Crippen molar-refractivity contribution in [3.8, 4) is 5.75 Å². The lowest BCUT2D eigenvalue weighted by molar-refractivity contribution is -0.111. The lowest BCUT2D eigenvalue weighted by atomic mass is 10.2. The van der Waals surface area contributed by atoms with Gasteiger partial charge in [0.1, 0.15) is 5.75 Å². The van der Waals surface area contributed by atoms with E-state index < -0.39 is 0 Å². The average molecular weight is 282 g/mol. The first-order chi connectivity index (χ1) is 10.2. The molecule has 0 aromatic heterocycles. The van der Waals surface area contributed by atoms with Crippen LogP contribution < -0.4 is 15.4 Å². The van der Waals surface area contributed by atoms with E-state index in [9.17, 15) is 4.79 Å². The van der Waals surface area contributed by atoms with Gasteiger partial charge in [0.05, 0.1) is 7.11 Å². The number of hydrogen-bond donors (Lipinski definition) is 2. The second-order valence-electron chi connectivity index (χ2n) is 4.42. The van der Waals surface area contributed by atoms with Crippen molar-refractivity contribution in [3.05, 3.63) is 60.7 Å². The number of rotatable bonds is 5. The Morgan fingerprint density at radius 2 is 1.48 bits per heavy atom. The minimum Gasteiger partial charge on any atom is -0.497 e. The summed E-state index contributed by atoms with van der Waals surface area (Å²) in [6.07, 6.45) is 3.19. The summed E-state index contributed by atoms with van der Waals surface area (Å²) in [6, 6.07) is 15.2. The fraction of sp³-hybridized carbons (Fsp3) is 0.118. The summed E-state index contributed by atoms with van der Waals surface area (Å²) < 4.78 is 5.12. The minimum absolute atomic E-state index is 0.131. The fourth-order valence-electron chi connectivity index (χ4n) is 1.81. The van der Waals surface area contributed by atoms with Crippen LogP contribution in [0.25, 0.3) is 0 Å². The zero-order valence-corrected chi connectivity index (χ0v) is 12.1. The molecule has 108 valence electrons. The molecular formula is C17H18N2O2. The maximum atomic E-state index is 11.4. The molecule has 0 unspecified atom stereocenters. The predicted molar refractivity (Wildman–Crippen MR) is 86.2 cm³/mol. The molecule has 2 N–H and O–H groups in total.